The topological polar surface area (TPSA) is 61.0 Å². The van der Waals surface area contributed by atoms with E-state index in [0.717, 1.165) is 28.1 Å². The van der Waals surface area contributed by atoms with Gasteiger partial charge >= 0.3 is 0 Å². The lowest BCUT2D eigenvalue weighted by molar-refractivity contribution is 0.242. The van der Waals surface area contributed by atoms with Crippen LogP contribution < -0.4 is 10.5 Å². The van der Waals surface area contributed by atoms with Crippen molar-refractivity contribution in [1.82, 2.24) is 9.97 Å². The van der Waals surface area contributed by atoms with Crippen LogP contribution in [-0.2, 0) is 0 Å². The summed E-state index contributed by atoms with van der Waals surface area (Å²) >= 11 is 0. The minimum atomic E-state index is -0.211. The summed E-state index contributed by atoms with van der Waals surface area (Å²) in [6, 6.07) is 17.9. The van der Waals surface area contributed by atoms with Gasteiger partial charge in [-0.25, -0.2) is 9.97 Å². The van der Waals surface area contributed by atoms with Crippen LogP contribution in [-0.4, -0.2) is 9.97 Å². The van der Waals surface area contributed by atoms with Crippen molar-refractivity contribution < 1.29 is 4.74 Å². The van der Waals surface area contributed by atoms with Crippen molar-refractivity contribution in [2.45, 2.75) is 6.10 Å². The molecule has 4 heteroatoms. The highest BCUT2D eigenvalue weighted by Gasteiger charge is 2.28. The van der Waals surface area contributed by atoms with Crippen molar-refractivity contribution >= 4 is 5.95 Å². The third-order valence-corrected chi connectivity index (χ3v) is 3.61. The van der Waals surface area contributed by atoms with Crippen LogP contribution in [0.2, 0.25) is 0 Å². The molecule has 1 atom stereocenters. The van der Waals surface area contributed by atoms with Crippen LogP contribution in [0.3, 0.4) is 0 Å². The predicted octanol–water partition coefficient (Wildman–Crippen LogP) is 3.21. The fourth-order valence-electron chi connectivity index (χ4n) is 2.64. The third kappa shape index (κ3) is 1.92. The minimum absolute atomic E-state index is 0.211. The second-order valence-corrected chi connectivity index (χ2v) is 4.94. The number of nitrogen functional groups attached to an aromatic ring is 1. The lowest BCUT2D eigenvalue weighted by Crippen LogP contribution is -2.17. The molecule has 0 bridgehead atoms. The van der Waals surface area contributed by atoms with Crippen LogP contribution >= 0.6 is 0 Å². The van der Waals surface area contributed by atoms with E-state index in [-0.39, 0.29) is 12.1 Å². The molecule has 0 saturated heterocycles. The number of rotatable bonds is 1. The molecule has 0 saturated carbocycles. The number of hydrogen-bond acceptors (Lipinski definition) is 4. The average Bonchev–Trinajstić information content (AvgIpc) is 2.55. The van der Waals surface area contributed by atoms with Crippen LogP contribution in [0.4, 0.5) is 5.95 Å². The number of hydrogen-bond donors (Lipinski definition) is 1. The summed E-state index contributed by atoms with van der Waals surface area (Å²) in [6.07, 6.45) is 1.54. The normalized spacial score (nSPS) is 15.7. The van der Waals surface area contributed by atoms with E-state index in [9.17, 15) is 0 Å². The summed E-state index contributed by atoms with van der Waals surface area (Å²) in [6.45, 7) is 0. The highest BCUT2D eigenvalue weighted by Crippen LogP contribution is 2.43. The predicted molar refractivity (Wildman–Crippen MR) is 80.8 cm³/mol. The number of nitrogens with zero attached hydrogens (tertiary/aromatic N) is 2. The SMILES string of the molecule is Nc1ncc2c(n1)-c1ccccc1OC2c1ccccc1. The van der Waals surface area contributed by atoms with Gasteiger partial charge in [0.05, 0.1) is 5.69 Å². The van der Waals surface area contributed by atoms with Crippen LogP contribution in [0.15, 0.2) is 60.8 Å². The molecule has 102 valence electrons. The number of anilines is 1. The molecule has 1 aliphatic heterocycles. The van der Waals surface area contributed by atoms with Gasteiger partial charge in [0, 0.05) is 17.3 Å². The fourth-order valence-corrected chi connectivity index (χ4v) is 2.64. The number of nitrogens with two attached hydrogens (primary N) is 1. The first-order valence-corrected chi connectivity index (χ1v) is 6.76. The Labute approximate surface area is 122 Å². The molecule has 2 aromatic carbocycles. The fraction of sp³-hybridized carbons (Fsp3) is 0.0588. The van der Waals surface area contributed by atoms with Crippen LogP contribution in [0.25, 0.3) is 11.3 Å². The Bertz CT molecular complexity index is 802. The Balaban J connectivity index is 1.95. The highest BCUT2D eigenvalue weighted by atomic mass is 16.5. The smallest absolute Gasteiger partial charge is 0.220 e. The molecule has 1 unspecified atom stereocenters. The maximum atomic E-state index is 6.16. The molecule has 3 aromatic rings. The van der Waals surface area contributed by atoms with Crippen LogP contribution in [0.1, 0.15) is 17.2 Å². The maximum Gasteiger partial charge on any atom is 0.220 e. The monoisotopic (exact) mass is 275 g/mol. The molecule has 0 aliphatic carbocycles. The lowest BCUT2D eigenvalue weighted by Gasteiger charge is -2.28. The zero-order chi connectivity index (χ0) is 14.2. The number of benzene rings is 2. The highest BCUT2D eigenvalue weighted by molar-refractivity contribution is 5.73. The van der Waals surface area contributed by atoms with E-state index in [1.54, 1.807) is 6.20 Å². The summed E-state index contributed by atoms with van der Waals surface area (Å²) in [5, 5.41) is 0. The van der Waals surface area contributed by atoms with Gasteiger partial charge in [0.1, 0.15) is 5.75 Å². The molecule has 1 aliphatic rings. The van der Waals surface area contributed by atoms with E-state index in [0.29, 0.717) is 0 Å². The van der Waals surface area contributed by atoms with Gasteiger partial charge in [0.25, 0.3) is 0 Å². The molecule has 0 amide bonds. The molecule has 0 fully saturated rings. The van der Waals surface area contributed by atoms with E-state index in [1.807, 2.05) is 54.6 Å². The van der Waals surface area contributed by atoms with E-state index < -0.39 is 0 Å². The second kappa shape index (κ2) is 4.59. The number of aromatic nitrogens is 2. The molecule has 0 radical (unpaired) electrons. The van der Waals surface area contributed by atoms with Gasteiger partial charge < -0.3 is 10.5 Å². The van der Waals surface area contributed by atoms with Crippen LogP contribution in [0.5, 0.6) is 5.75 Å². The Hall–Kier alpha value is -2.88. The van der Waals surface area contributed by atoms with Gasteiger partial charge in [-0.1, -0.05) is 42.5 Å². The quantitative estimate of drug-likeness (QED) is 0.740. The molecule has 2 heterocycles. The van der Waals surface area contributed by atoms with Crippen molar-refractivity contribution in [1.29, 1.82) is 0 Å². The van der Waals surface area contributed by atoms with Crippen molar-refractivity contribution in [3.05, 3.63) is 71.9 Å². The first kappa shape index (κ1) is 11.9. The minimum Gasteiger partial charge on any atom is -0.480 e. The number of fused-ring (bicyclic) bond motifs is 3. The molecule has 4 nitrogen and oxygen atoms in total. The number of ether oxygens (including phenoxy) is 1. The average molecular weight is 275 g/mol. The summed E-state index contributed by atoms with van der Waals surface area (Å²) in [4.78, 5) is 8.55. The van der Waals surface area contributed by atoms with Gasteiger partial charge in [-0.3, -0.25) is 0 Å². The van der Waals surface area contributed by atoms with Gasteiger partial charge in [-0.15, -0.1) is 0 Å². The lowest BCUT2D eigenvalue weighted by atomic mass is 9.94. The van der Waals surface area contributed by atoms with Gasteiger partial charge in [-0.2, -0.15) is 0 Å². The van der Waals surface area contributed by atoms with E-state index >= 15 is 0 Å². The molecular weight excluding hydrogens is 262 g/mol. The molecule has 4 rings (SSSR count). The molecule has 21 heavy (non-hydrogen) atoms. The van der Waals surface area contributed by atoms with E-state index in [2.05, 4.69) is 9.97 Å². The summed E-state index contributed by atoms with van der Waals surface area (Å²) in [7, 11) is 0. The van der Waals surface area contributed by atoms with Gasteiger partial charge in [0.15, 0.2) is 6.10 Å². The first-order chi connectivity index (χ1) is 10.3. The molecule has 0 spiro atoms. The summed E-state index contributed by atoms with van der Waals surface area (Å²) < 4.78 is 6.16. The van der Waals surface area contributed by atoms with Gasteiger partial charge in [-0.05, 0) is 17.7 Å². The van der Waals surface area contributed by atoms with Crippen molar-refractivity contribution in [2.24, 2.45) is 0 Å². The van der Waals surface area contributed by atoms with Crippen molar-refractivity contribution in [3.63, 3.8) is 0 Å². The summed E-state index contributed by atoms with van der Waals surface area (Å²) in [5.41, 5.74) is 9.57. The van der Waals surface area contributed by atoms with Crippen LogP contribution in [0, 0.1) is 0 Å². The summed E-state index contributed by atoms with van der Waals surface area (Å²) in [5.74, 6) is 1.09. The third-order valence-electron chi connectivity index (χ3n) is 3.61. The Morgan fingerprint density at radius 1 is 0.952 bits per heavy atom. The zero-order valence-electron chi connectivity index (χ0n) is 11.2. The number of para-hydroxylation sites is 1. The first-order valence-electron chi connectivity index (χ1n) is 6.76. The Kier molecular flexibility index (Phi) is 2.60. The Morgan fingerprint density at radius 2 is 1.71 bits per heavy atom. The standard InChI is InChI=1S/C17H13N3O/c18-17-19-10-13-15(20-17)12-8-4-5-9-14(12)21-16(13)11-6-2-1-3-7-11/h1-10,16H,(H2,18,19,20). The molecule has 2 N–H and O–H groups in total. The van der Waals surface area contributed by atoms with Crippen molar-refractivity contribution in [2.75, 3.05) is 5.73 Å². The van der Waals surface area contributed by atoms with Gasteiger partial charge in [0.2, 0.25) is 5.95 Å². The van der Waals surface area contributed by atoms with E-state index in [4.69, 9.17) is 10.5 Å². The van der Waals surface area contributed by atoms with E-state index in [1.165, 1.54) is 0 Å². The molecular formula is C17H13N3O. The van der Waals surface area contributed by atoms with Crippen molar-refractivity contribution in [3.8, 4) is 17.0 Å². The maximum absolute atomic E-state index is 6.16. The second-order valence-electron chi connectivity index (χ2n) is 4.94. The molecule has 1 aromatic heterocycles. The Morgan fingerprint density at radius 3 is 2.57 bits per heavy atom. The largest absolute Gasteiger partial charge is 0.480 e. The zero-order valence-corrected chi connectivity index (χ0v) is 11.2.